The van der Waals surface area contributed by atoms with Gasteiger partial charge in [0.2, 0.25) is 5.78 Å². The molecule has 0 amide bonds. The van der Waals surface area contributed by atoms with Gasteiger partial charge in [0.05, 0.1) is 12.9 Å². The molecule has 0 spiro atoms. The second kappa shape index (κ2) is 9.07. The van der Waals surface area contributed by atoms with E-state index in [0.717, 1.165) is 0 Å². The smallest absolute Gasteiger partial charge is 0.204 e. The molecule has 0 N–H and O–H groups in total. The van der Waals surface area contributed by atoms with E-state index in [4.69, 9.17) is 16.3 Å². The van der Waals surface area contributed by atoms with Crippen molar-refractivity contribution >= 4 is 33.3 Å². The average Bonchev–Trinajstić information content (AvgIpc) is 2.73. The lowest BCUT2D eigenvalue weighted by molar-refractivity contribution is 0.104. The Morgan fingerprint density at radius 1 is 0.931 bits per heavy atom. The van der Waals surface area contributed by atoms with Crippen LogP contribution in [0.1, 0.15) is 21.5 Å². The second-order valence-corrected chi connectivity index (χ2v) is 8.70. The summed E-state index contributed by atoms with van der Waals surface area (Å²) in [6.07, 6.45) is 1.34. The van der Waals surface area contributed by atoms with Gasteiger partial charge in [0.15, 0.2) is 9.84 Å². The highest BCUT2D eigenvalue weighted by Crippen LogP contribution is 2.26. The van der Waals surface area contributed by atoms with Crippen LogP contribution in [0.3, 0.4) is 0 Å². The van der Waals surface area contributed by atoms with Crippen molar-refractivity contribution < 1.29 is 17.9 Å². The van der Waals surface area contributed by atoms with Gasteiger partial charge in [0.25, 0.3) is 0 Å². The van der Waals surface area contributed by atoms with Gasteiger partial charge in [-0.1, -0.05) is 60.1 Å². The monoisotopic (exact) mass is 426 g/mol. The van der Waals surface area contributed by atoms with E-state index < -0.39 is 15.6 Å². The van der Waals surface area contributed by atoms with Crippen molar-refractivity contribution in [3.05, 3.63) is 105 Å². The van der Waals surface area contributed by atoms with E-state index in [0.29, 0.717) is 21.9 Å². The largest absolute Gasteiger partial charge is 0.497 e. The number of methoxy groups -OCH3 is 1. The minimum Gasteiger partial charge on any atom is -0.497 e. The molecule has 148 valence electrons. The van der Waals surface area contributed by atoms with Crippen LogP contribution in [0.4, 0.5) is 0 Å². The number of halogens is 1. The molecular formula is C23H19ClO4S. The fourth-order valence-corrected chi connectivity index (χ4v) is 4.47. The normalized spacial score (nSPS) is 11.9. The Bertz CT molecular complexity index is 1140. The van der Waals surface area contributed by atoms with Crippen LogP contribution in [-0.4, -0.2) is 21.3 Å². The van der Waals surface area contributed by atoms with Crippen molar-refractivity contribution in [2.75, 3.05) is 7.11 Å². The van der Waals surface area contributed by atoms with E-state index in [1.165, 1.54) is 13.2 Å². The number of hydrogen-bond acceptors (Lipinski definition) is 4. The van der Waals surface area contributed by atoms with Crippen molar-refractivity contribution in [3.63, 3.8) is 0 Å². The number of carbonyl (C=O) groups is 1. The lowest BCUT2D eigenvalue weighted by Gasteiger charge is -2.10. The molecule has 0 aliphatic carbocycles. The summed E-state index contributed by atoms with van der Waals surface area (Å²) in [5.74, 6) is -0.305. The van der Waals surface area contributed by atoms with Crippen LogP contribution in [0, 0.1) is 0 Å². The van der Waals surface area contributed by atoms with E-state index in [2.05, 4.69) is 0 Å². The first-order valence-corrected chi connectivity index (χ1v) is 10.9. The second-order valence-electron chi connectivity index (χ2n) is 6.33. The third kappa shape index (κ3) is 5.13. The first-order chi connectivity index (χ1) is 13.9. The highest BCUT2D eigenvalue weighted by molar-refractivity contribution is 7.95. The molecule has 0 fully saturated rings. The van der Waals surface area contributed by atoms with E-state index in [1.54, 1.807) is 78.9 Å². The van der Waals surface area contributed by atoms with Crippen LogP contribution in [0.15, 0.2) is 83.8 Å². The van der Waals surface area contributed by atoms with Gasteiger partial charge in [-0.25, -0.2) is 8.42 Å². The molecule has 0 atom stereocenters. The zero-order valence-corrected chi connectivity index (χ0v) is 17.3. The summed E-state index contributed by atoms with van der Waals surface area (Å²) in [6, 6.07) is 21.8. The number of carbonyl (C=O) groups excluding carboxylic acids is 1. The number of hydrogen-bond donors (Lipinski definition) is 0. The minimum atomic E-state index is -3.93. The van der Waals surface area contributed by atoms with Gasteiger partial charge in [-0.15, -0.1) is 0 Å². The van der Waals surface area contributed by atoms with Gasteiger partial charge in [0.1, 0.15) is 10.7 Å². The number of sulfone groups is 1. The molecule has 0 aliphatic heterocycles. The third-order valence-electron chi connectivity index (χ3n) is 4.30. The molecule has 29 heavy (non-hydrogen) atoms. The van der Waals surface area contributed by atoms with Gasteiger partial charge >= 0.3 is 0 Å². The Hall–Kier alpha value is -2.89. The van der Waals surface area contributed by atoms with Crippen molar-refractivity contribution in [1.29, 1.82) is 0 Å². The quantitative estimate of drug-likeness (QED) is 0.385. The molecule has 0 heterocycles. The molecule has 6 heteroatoms. The van der Waals surface area contributed by atoms with Crippen LogP contribution in [-0.2, 0) is 15.6 Å². The summed E-state index contributed by atoms with van der Waals surface area (Å²) >= 11 is 6.20. The van der Waals surface area contributed by atoms with Gasteiger partial charge in [-0.05, 0) is 47.5 Å². The predicted molar refractivity (Wildman–Crippen MR) is 116 cm³/mol. The molecule has 0 aliphatic rings. The Morgan fingerprint density at radius 2 is 1.55 bits per heavy atom. The Labute approximate surface area is 175 Å². The summed E-state index contributed by atoms with van der Waals surface area (Å²) in [5.41, 5.74) is 1.31. The molecule has 4 nitrogen and oxygen atoms in total. The SMILES string of the molecule is COc1ccc(C(=O)/C(=C\c2ccccc2Cl)S(=O)(=O)Cc2ccccc2)cc1. The minimum absolute atomic E-state index is 0.251. The maximum Gasteiger partial charge on any atom is 0.204 e. The topological polar surface area (TPSA) is 60.4 Å². The van der Waals surface area contributed by atoms with Gasteiger partial charge in [0, 0.05) is 10.6 Å². The maximum absolute atomic E-state index is 13.2. The molecule has 3 rings (SSSR count). The average molecular weight is 427 g/mol. The lowest BCUT2D eigenvalue weighted by atomic mass is 10.1. The molecule has 0 radical (unpaired) electrons. The fourth-order valence-electron chi connectivity index (χ4n) is 2.79. The summed E-state index contributed by atoms with van der Waals surface area (Å²) in [6.45, 7) is 0. The molecule has 0 bridgehead atoms. The van der Waals surface area contributed by atoms with Crippen LogP contribution < -0.4 is 4.74 Å². The molecule has 3 aromatic carbocycles. The summed E-state index contributed by atoms with van der Waals surface area (Å²) < 4.78 is 31.5. The number of allylic oxidation sites excluding steroid dienone is 1. The molecule has 3 aromatic rings. The first-order valence-electron chi connectivity index (χ1n) is 8.82. The zero-order valence-electron chi connectivity index (χ0n) is 15.7. The van der Waals surface area contributed by atoms with E-state index in [9.17, 15) is 13.2 Å². The Kier molecular flexibility index (Phi) is 6.52. The van der Waals surface area contributed by atoms with Crippen molar-refractivity contribution in [2.45, 2.75) is 5.75 Å². The van der Waals surface area contributed by atoms with Crippen LogP contribution >= 0.6 is 11.6 Å². The van der Waals surface area contributed by atoms with E-state index in [1.807, 2.05) is 0 Å². The molecule has 0 saturated carbocycles. The lowest BCUT2D eigenvalue weighted by Crippen LogP contribution is -2.16. The van der Waals surface area contributed by atoms with Gasteiger partial charge in [-0.3, -0.25) is 4.79 Å². The molecule has 0 aromatic heterocycles. The Morgan fingerprint density at radius 3 is 2.17 bits per heavy atom. The fraction of sp³-hybridized carbons (Fsp3) is 0.0870. The summed E-state index contributed by atoms with van der Waals surface area (Å²) in [5, 5.41) is 0.363. The number of rotatable bonds is 7. The first kappa shape index (κ1) is 20.8. The van der Waals surface area contributed by atoms with E-state index in [-0.39, 0.29) is 16.2 Å². The van der Waals surface area contributed by atoms with Crippen molar-refractivity contribution in [2.24, 2.45) is 0 Å². The van der Waals surface area contributed by atoms with Crippen molar-refractivity contribution in [3.8, 4) is 5.75 Å². The Balaban J connectivity index is 2.08. The van der Waals surface area contributed by atoms with Crippen LogP contribution in [0.25, 0.3) is 6.08 Å². The number of benzene rings is 3. The van der Waals surface area contributed by atoms with Crippen molar-refractivity contribution in [1.82, 2.24) is 0 Å². The number of Topliss-reactive ketones (excluding diaryl/α,β-unsaturated/α-hetero) is 1. The van der Waals surface area contributed by atoms with Crippen LogP contribution in [0.5, 0.6) is 5.75 Å². The summed E-state index contributed by atoms with van der Waals surface area (Å²) in [7, 11) is -2.41. The highest BCUT2D eigenvalue weighted by atomic mass is 35.5. The highest BCUT2D eigenvalue weighted by Gasteiger charge is 2.27. The third-order valence-corrected chi connectivity index (χ3v) is 6.33. The molecule has 0 saturated heterocycles. The van der Waals surface area contributed by atoms with Crippen LogP contribution in [0.2, 0.25) is 5.02 Å². The number of ketones is 1. The van der Waals surface area contributed by atoms with Gasteiger partial charge in [-0.2, -0.15) is 0 Å². The maximum atomic E-state index is 13.2. The molecule has 0 unspecified atom stereocenters. The van der Waals surface area contributed by atoms with Gasteiger partial charge < -0.3 is 4.74 Å². The zero-order chi connectivity index (χ0) is 20.9. The standard InChI is InChI=1S/C23H19ClO4S/c1-28-20-13-11-18(12-14-20)23(25)22(15-19-9-5-6-10-21(19)24)29(26,27)16-17-7-3-2-4-8-17/h2-15H,16H2,1H3/b22-15+. The number of ether oxygens (including phenoxy) is 1. The van der Waals surface area contributed by atoms with E-state index >= 15 is 0 Å². The predicted octanol–water partition coefficient (Wildman–Crippen LogP) is 5.19. The summed E-state index contributed by atoms with van der Waals surface area (Å²) in [4.78, 5) is 12.9. The molecular weight excluding hydrogens is 408 g/mol.